The van der Waals surface area contributed by atoms with Gasteiger partial charge in [0.05, 0.1) is 10.6 Å². The van der Waals surface area contributed by atoms with Gasteiger partial charge in [0.1, 0.15) is 5.82 Å². The zero-order valence-corrected chi connectivity index (χ0v) is 19.4. The van der Waals surface area contributed by atoms with Crippen molar-refractivity contribution >= 4 is 39.1 Å². The molecule has 9 heteroatoms. The topological polar surface area (TPSA) is 88.2 Å². The number of amides is 1. The van der Waals surface area contributed by atoms with Crippen LogP contribution in [0.4, 0.5) is 15.8 Å². The van der Waals surface area contributed by atoms with Gasteiger partial charge >= 0.3 is 0 Å². The van der Waals surface area contributed by atoms with Gasteiger partial charge in [-0.2, -0.15) is 0 Å². The second-order valence-electron chi connectivity index (χ2n) is 7.24. The van der Waals surface area contributed by atoms with E-state index in [9.17, 15) is 17.6 Å². The summed E-state index contributed by atoms with van der Waals surface area (Å²) in [5.74, 6) is -0.373. The summed E-state index contributed by atoms with van der Waals surface area (Å²) >= 11 is 1.65. The molecule has 34 heavy (non-hydrogen) atoms. The molecule has 0 aliphatic rings. The Labute approximate surface area is 201 Å². The maximum atomic E-state index is 13.9. The Balaban J connectivity index is 1.41. The fraction of sp³-hybridized carbons (Fsp3) is 0.0400. The number of hydrogen-bond donors (Lipinski definition) is 2. The van der Waals surface area contributed by atoms with E-state index in [4.69, 9.17) is 0 Å². The molecule has 1 aromatic heterocycles. The molecule has 0 radical (unpaired) electrons. The largest absolute Gasteiger partial charge is 0.322 e. The third-order valence-corrected chi connectivity index (χ3v) is 7.21. The van der Waals surface area contributed by atoms with Crippen molar-refractivity contribution in [2.75, 3.05) is 10.0 Å². The Kier molecular flexibility index (Phi) is 7.24. The number of rotatable bonds is 8. The van der Waals surface area contributed by atoms with Crippen molar-refractivity contribution < 1.29 is 17.6 Å². The van der Waals surface area contributed by atoms with Crippen molar-refractivity contribution in [2.45, 2.75) is 15.5 Å². The number of anilines is 2. The van der Waals surface area contributed by atoms with Crippen LogP contribution < -0.4 is 10.0 Å². The number of para-hydroxylation sites is 1. The minimum absolute atomic E-state index is 0.148. The Morgan fingerprint density at radius 3 is 2.47 bits per heavy atom. The van der Waals surface area contributed by atoms with Crippen LogP contribution in [0.2, 0.25) is 0 Å². The maximum Gasteiger partial charge on any atom is 0.262 e. The molecule has 0 saturated carbocycles. The average Bonchev–Trinajstić information content (AvgIpc) is 2.86. The van der Waals surface area contributed by atoms with E-state index in [1.165, 1.54) is 42.5 Å². The molecule has 0 fully saturated rings. The third kappa shape index (κ3) is 6.00. The lowest BCUT2D eigenvalue weighted by atomic mass is 10.2. The summed E-state index contributed by atoms with van der Waals surface area (Å²) in [5.41, 5.74) is 1.68. The van der Waals surface area contributed by atoms with Crippen LogP contribution >= 0.6 is 11.8 Å². The Hall–Kier alpha value is -3.69. The number of sulfonamides is 1. The number of pyridine rings is 1. The molecule has 0 spiro atoms. The van der Waals surface area contributed by atoms with E-state index in [0.29, 0.717) is 5.69 Å². The van der Waals surface area contributed by atoms with Gasteiger partial charge in [-0.3, -0.25) is 14.5 Å². The predicted octanol–water partition coefficient (Wildman–Crippen LogP) is 5.57. The number of benzene rings is 3. The first kappa shape index (κ1) is 23.5. The summed E-state index contributed by atoms with van der Waals surface area (Å²) in [7, 11) is -4.08. The number of nitrogens with zero attached hydrogens (tertiary/aromatic N) is 1. The number of hydrogen-bond acceptors (Lipinski definition) is 5. The van der Waals surface area contributed by atoms with Gasteiger partial charge in [-0.25, -0.2) is 12.8 Å². The molecular weight excluding hydrogens is 473 g/mol. The SMILES string of the molecule is O=C(Nc1ccc(SCc2cccnc2)cc1)c1cccc(S(=O)(=O)Nc2ccccc2F)c1. The van der Waals surface area contributed by atoms with Crippen molar-refractivity contribution in [1.29, 1.82) is 0 Å². The average molecular weight is 494 g/mol. The second-order valence-corrected chi connectivity index (χ2v) is 9.97. The van der Waals surface area contributed by atoms with Gasteiger partial charge in [0.25, 0.3) is 15.9 Å². The van der Waals surface area contributed by atoms with Gasteiger partial charge in [0.15, 0.2) is 0 Å². The highest BCUT2D eigenvalue weighted by Crippen LogP contribution is 2.24. The van der Waals surface area contributed by atoms with E-state index in [2.05, 4.69) is 15.0 Å². The molecule has 6 nitrogen and oxygen atoms in total. The minimum atomic E-state index is -4.08. The molecule has 0 aliphatic heterocycles. The van der Waals surface area contributed by atoms with E-state index in [0.717, 1.165) is 22.3 Å². The predicted molar refractivity (Wildman–Crippen MR) is 132 cm³/mol. The standard InChI is InChI=1S/C25H20FN3O3S2/c26-23-8-1-2-9-24(23)29-34(31,32)22-7-3-6-19(15-22)25(30)28-20-10-12-21(13-11-20)33-17-18-5-4-14-27-16-18/h1-16,29H,17H2,(H,28,30). The van der Waals surface area contributed by atoms with Crippen LogP contribution in [0.25, 0.3) is 0 Å². The van der Waals surface area contributed by atoms with Crippen LogP contribution in [-0.4, -0.2) is 19.3 Å². The van der Waals surface area contributed by atoms with Crippen molar-refractivity contribution in [1.82, 2.24) is 4.98 Å². The summed E-state index contributed by atoms with van der Waals surface area (Å²) in [6, 6.07) is 22.3. The van der Waals surface area contributed by atoms with Gasteiger partial charge in [-0.1, -0.05) is 24.3 Å². The van der Waals surface area contributed by atoms with E-state index in [1.54, 1.807) is 30.1 Å². The molecule has 0 saturated heterocycles. The first-order valence-electron chi connectivity index (χ1n) is 10.2. The molecule has 0 bridgehead atoms. The number of halogens is 1. The fourth-order valence-corrected chi connectivity index (χ4v) is 4.99. The van der Waals surface area contributed by atoms with Crippen molar-refractivity contribution in [3.8, 4) is 0 Å². The molecule has 1 amide bonds. The smallest absolute Gasteiger partial charge is 0.262 e. The number of thioether (sulfide) groups is 1. The molecule has 1 heterocycles. The Morgan fingerprint density at radius 2 is 1.74 bits per heavy atom. The van der Waals surface area contributed by atoms with Crippen LogP contribution in [-0.2, 0) is 15.8 Å². The molecule has 0 atom stereocenters. The number of aromatic nitrogens is 1. The van der Waals surface area contributed by atoms with Gasteiger partial charge in [-0.05, 0) is 66.2 Å². The second kappa shape index (κ2) is 10.5. The van der Waals surface area contributed by atoms with Crippen molar-refractivity contribution in [2.24, 2.45) is 0 Å². The first-order chi connectivity index (χ1) is 16.4. The normalized spacial score (nSPS) is 11.1. The highest BCUT2D eigenvalue weighted by molar-refractivity contribution is 7.98. The maximum absolute atomic E-state index is 13.9. The Morgan fingerprint density at radius 1 is 0.941 bits per heavy atom. The van der Waals surface area contributed by atoms with Crippen molar-refractivity contribution in [3.05, 3.63) is 114 Å². The molecular formula is C25H20FN3O3S2. The van der Waals surface area contributed by atoms with Crippen LogP contribution in [0.3, 0.4) is 0 Å². The highest BCUT2D eigenvalue weighted by atomic mass is 32.2. The fourth-order valence-electron chi connectivity index (χ4n) is 3.04. The van der Waals surface area contributed by atoms with E-state index in [1.807, 2.05) is 30.5 Å². The highest BCUT2D eigenvalue weighted by Gasteiger charge is 2.18. The lowest BCUT2D eigenvalue weighted by Gasteiger charge is -2.11. The van der Waals surface area contributed by atoms with E-state index in [-0.39, 0.29) is 16.1 Å². The number of nitrogens with one attached hydrogen (secondary N) is 2. The summed E-state index contributed by atoms with van der Waals surface area (Å²) in [4.78, 5) is 17.7. The van der Waals surface area contributed by atoms with Crippen LogP contribution in [0, 0.1) is 5.82 Å². The van der Waals surface area contributed by atoms with Gasteiger partial charge in [0.2, 0.25) is 0 Å². The van der Waals surface area contributed by atoms with E-state index < -0.39 is 21.7 Å². The van der Waals surface area contributed by atoms with Gasteiger partial charge in [-0.15, -0.1) is 11.8 Å². The number of carbonyl (C=O) groups is 1. The molecule has 0 unspecified atom stereocenters. The quantitative estimate of drug-likeness (QED) is 0.314. The lowest BCUT2D eigenvalue weighted by Crippen LogP contribution is -2.16. The molecule has 2 N–H and O–H groups in total. The summed E-state index contributed by atoms with van der Waals surface area (Å²) in [5, 5.41) is 2.76. The lowest BCUT2D eigenvalue weighted by molar-refractivity contribution is 0.102. The molecule has 4 aromatic rings. The summed E-state index contributed by atoms with van der Waals surface area (Å²) < 4.78 is 41.4. The number of carbonyl (C=O) groups excluding carboxylic acids is 1. The third-order valence-electron chi connectivity index (χ3n) is 4.77. The Bertz CT molecular complexity index is 1400. The van der Waals surface area contributed by atoms with Crippen LogP contribution in [0.15, 0.2) is 107 Å². The van der Waals surface area contributed by atoms with Crippen LogP contribution in [0.1, 0.15) is 15.9 Å². The minimum Gasteiger partial charge on any atom is -0.322 e. The van der Waals surface area contributed by atoms with Gasteiger partial charge < -0.3 is 5.32 Å². The monoisotopic (exact) mass is 493 g/mol. The van der Waals surface area contributed by atoms with Gasteiger partial charge in [0, 0.05) is 34.3 Å². The molecule has 172 valence electrons. The summed E-state index contributed by atoms with van der Waals surface area (Å²) in [6.07, 6.45) is 3.55. The summed E-state index contributed by atoms with van der Waals surface area (Å²) in [6.45, 7) is 0. The molecule has 3 aromatic carbocycles. The molecule has 0 aliphatic carbocycles. The van der Waals surface area contributed by atoms with E-state index >= 15 is 0 Å². The van der Waals surface area contributed by atoms with Crippen LogP contribution in [0.5, 0.6) is 0 Å². The zero-order valence-electron chi connectivity index (χ0n) is 17.8. The molecule has 4 rings (SSSR count). The first-order valence-corrected chi connectivity index (χ1v) is 12.7. The van der Waals surface area contributed by atoms with Crippen molar-refractivity contribution in [3.63, 3.8) is 0 Å². The zero-order chi connectivity index (χ0) is 24.0.